The minimum Gasteiger partial charge on any atom is -0.430 e. The number of nitrogens with zero attached hydrogens (tertiary/aromatic N) is 1. The largest absolute Gasteiger partial charge is 0.430 e. The highest BCUT2D eigenvalue weighted by molar-refractivity contribution is 7.71. The van der Waals surface area contributed by atoms with E-state index in [1.54, 1.807) is 6.20 Å². The molecule has 0 saturated heterocycles. The van der Waals surface area contributed by atoms with Gasteiger partial charge >= 0.3 is 0 Å². The lowest BCUT2D eigenvalue weighted by molar-refractivity contribution is 0.560. The maximum Gasteiger partial charge on any atom is 0.288 e. The van der Waals surface area contributed by atoms with E-state index in [9.17, 15) is 0 Å². The second-order valence-corrected chi connectivity index (χ2v) is 2.51. The zero-order valence-corrected chi connectivity index (χ0v) is 6.47. The van der Waals surface area contributed by atoms with Crippen molar-refractivity contribution in [3.63, 3.8) is 0 Å². The Morgan fingerprint density at radius 3 is 3.00 bits per heavy atom. The summed E-state index contributed by atoms with van der Waals surface area (Å²) >= 11 is 4.76. The molecule has 0 amide bonds. The summed E-state index contributed by atoms with van der Waals surface area (Å²) in [6.07, 6.45) is 1.71. The number of hydrogen-bond donors (Lipinski definition) is 0. The highest BCUT2D eigenvalue weighted by atomic mass is 32.1. The van der Waals surface area contributed by atoms with Crippen molar-refractivity contribution in [3.05, 3.63) is 35.3 Å². The van der Waals surface area contributed by atoms with E-state index >= 15 is 0 Å². The molecule has 54 valence electrons. The van der Waals surface area contributed by atoms with Crippen molar-refractivity contribution in [1.82, 2.24) is 4.98 Å². The van der Waals surface area contributed by atoms with Gasteiger partial charge in [0.1, 0.15) is 5.58 Å². The molecule has 0 atom stereocenters. The Hall–Kier alpha value is -1.22. The second kappa shape index (κ2) is 2.43. The number of aromatic nitrogens is 1. The molecular weight excluding hydrogens is 158 g/mol. The van der Waals surface area contributed by atoms with Crippen LogP contribution < -0.4 is 0 Å². The SMILES string of the molecule is S=c1ncc2ccccc2o1. The third-order valence-electron chi connectivity index (χ3n) is 1.43. The lowest BCUT2D eigenvalue weighted by Gasteiger charge is -1.91. The predicted octanol–water partition coefficient (Wildman–Crippen LogP) is 2.56. The van der Waals surface area contributed by atoms with Gasteiger partial charge in [0, 0.05) is 11.6 Å². The Labute approximate surface area is 68.5 Å². The topological polar surface area (TPSA) is 26.0 Å². The van der Waals surface area contributed by atoms with E-state index in [2.05, 4.69) is 4.98 Å². The van der Waals surface area contributed by atoms with Gasteiger partial charge in [-0.05, 0) is 24.4 Å². The van der Waals surface area contributed by atoms with Gasteiger partial charge in [0.05, 0.1) is 0 Å². The summed E-state index contributed by atoms with van der Waals surface area (Å²) in [6.45, 7) is 0. The predicted molar refractivity (Wildman–Crippen MR) is 44.8 cm³/mol. The molecule has 2 nitrogen and oxygen atoms in total. The van der Waals surface area contributed by atoms with Gasteiger partial charge in [-0.15, -0.1) is 0 Å². The van der Waals surface area contributed by atoms with Gasteiger partial charge in [-0.3, -0.25) is 0 Å². The molecular formula is C8H5NOS. The molecule has 2 aromatic rings. The van der Waals surface area contributed by atoms with Gasteiger partial charge in [0.25, 0.3) is 4.84 Å². The lowest BCUT2D eigenvalue weighted by atomic mass is 10.3. The van der Waals surface area contributed by atoms with Crippen molar-refractivity contribution in [2.75, 3.05) is 0 Å². The quantitative estimate of drug-likeness (QED) is 0.558. The van der Waals surface area contributed by atoms with Crippen LogP contribution in [0.4, 0.5) is 0 Å². The lowest BCUT2D eigenvalue weighted by Crippen LogP contribution is -1.74. The van der Waals surface area contributed by atoms with Gasteiger partial charge in [-0.25, -0.2) is 4.98 Å². The van der Waals surface area contributed by atoms with E-state index < -0.39 is 0 Å². The normalized spacial score (nSPS) is 10.2. The molecule has 1 aromatic heterocycles. The second-order valence-electron chi connectivity index (χ2n) is 2.16. The number of hydrogen-bond acceptors (Lipinski definition) is 3. The van der Waals surface area contributed by atoms with Crippen molar-refractivity contribution in [1.29, 1.82) is 0 Å². The third kappa shape index (κ3) is 1.14. The summed E-state index contributed by atoms with van der Waals surface area (Å²) in [4.78, 5) is 4.14. The van der Waals surface area contributed by atoms with Crippen LogP contribution in [0.2, 0.25) is 0 Å². The maximum absolute atomic E-state index is 5.17. The molecule has 0 N–H and O–H groups in total. The summed E-state index contributed by atoms with van der Waals surface area (Å²) in [7, 11) is 0. The Kier molecular flexibility index (Phi) is 1.43. The van der Waals surface area contributed by atoms with E-state index in [0.717, 1.165) is 11.0 Å². The summed E-state index contributed by atoms with van der Waals surface area (Å²) in [5, 5.41) is 0.973. The first kappa shape index (κ1) is 6.49. The number of benzene rings is 1. The molecule has 0 aliphatic carbocycles. The first-order valence-electron chi connectivity index (χ1n) is 3.21. The summed E-state index contributed by atoms with van der Waals surface area (Å²) in [5.74, 6) is 0. The maximum atomic E-state index is 5.17. The van der Waals surface area contributed by atoms with Gasteiger partial charge in [-0.1, -0.05) is 12.1 Å². The number of para-hydroxylation sites is 1. The first-order valence-corrected chi connectivity index (χ1v) is 3.62. The van der Waals surface area contributed by atoms with Crippen LogP contribution >= 0.6 is 12.2 Å². The van der Waals surface area contributed by atoms with E-state index in [0.29, 0.717) is 0 Å². The van der Waals surface area contributed by atoms with E-state index in [1.807, 2.05) is 24.3 Å². The van der Waals surface area contributed by atoms with E-state index in [4.69, 9.17) is 16.6 Å². The molecule has 3 heteroatoms. The van der Waals surface area contributed by atoms with Crippen molar-refractivity contribution in [2.24, 2.45) is 0 Å². The molecule has 0 aliphatic heterocycles. The summed E-state index contributed by atoms with van der Waals surface area (Å²) in [6, 6.07) is 7.64. The molecule has 0 radical (unpaired) electrons. The minimum atomic E-state index is 0.281. The van der Waals surface area contributed by atoms with E-state index in [1.165, 1.54) is 0 Å². The molecule has 1 aromatic carbocycles. The van der Waals surface area contributed by atoms with Crippen LogP contribution in [0.15, 0.2) is 34.9 Å². The summed E-state index contributed by atoms with van der Waals surface area (Å²) in [5.41, 5.74) is 0.785. The Balaban J connectivity index is 2.94. The smallest absolute Gasteiger partial charge is 0.288 e. The van der Waals surface area contributed by atoms with Gasteiger partial charge in [-0.2, -0.15) is 0 Å². The van der Waals surface area contributed by atoms with Crippen molar-refractivity contribution in [3.8, 4) is 0 Å². The molecule has 0 aliphatic rings. The number of rotatable bonds is 0. The van der Waals surface area contributed by atoms with Crippen molar-refractivity contribution in [2.45, 2.75) is 0 Å². The van der Waals surface area contributed by atoms with Crippen LogP contribution in [0.3, 0.4) is 0 Å². The van der Waals surface area contributed by atoms with Crippen molar-refractivity contribution >= 4 is 23.2 Å². The van der Waals surface area contributed by atoms with E-state index in [-0.39, 0.29) is 4.84 Å². The fraction of sp³-hybridized carbons (Fsp3) is 0. The molecule has 2 rings (SSSR count). The monoisotopic (exact) mass is 163 g/mol. The summed E-state index contributed by atoms with van der Waals surface area (Å²) < 4.78 is 5.17. The molecule has 0 saturated carbocycles. The van der Waals surface area contributed by atoms with Crippen LogP contribution in [0, 0.1) is 4.84 Å². The van der Waals surface area contributed by atoms with Crippen LogP contribution in [-0.4, -0.2) is 4.98 Å². The average molecular weight is 163 g/mol. The standard InChI is InChI=1S/C8H5NOS/c11-8-9-5-6-3-1-2-4-7(6)10-8/h1-5H. The highest BCUT2D eigenvalue weighted by Crippen LogP contribution is 2.10. The molecule has 0 fully saturated rings. The van der Waals surface area contributed by atoms with Crippen LogP contribution in [0.25, 0.3) is 11.0 Å². The van der Waals surface area contributed by atoms with Crippen LogP contribution in [0.1, 0.15) is 0 Å². The number of fused-ring (bicyclic) bond motifs is 1. The average Bonchev–Trinajstić information content (AvgIpc) is 2.04. The van der Waals surface area contributed by atoms with Gasteiger partial charge in [0.15, 0.2) is 0 Å². The molecule has 0 unspecified atom stereocenters. The van der Waals surface area contributed by atoms with Crippen molar-refractivity contribution < 1.29 is 4.42 Å². The Morgan fingerprint density at radius 2 is 2.09 bits per heavy atom. The minimum absolute atomic E-state index is 0.281. The molecule has 0 spiro atoms. The van der Waals surface area contributed by atoms with Gasteiger partial charge in [0.2, 0.25) is 0 Å². The first-order chi connectivity index (χ1) is 5.36. The molecule has 11 heavy (non-hydrogen) atoms. The fourth-order valence-corrected chi connectivity index (χ4v) is 1.07. The Bertz CT molecular complexity index is 435. The highest BCUT2D eigenvalue weighted by Gasteiger charge is 1.91. The van der Waals surface area contributed by atoms with Crippen LogP contribution in [-0.2, 0) is 0 Å². The zero-order chi connectivity index (χ0) is 7.68. The zero-order valence-electron chi connectivity index (χ0n) is 5.65. The van der Waals surface area contributed by atoms with Gasteiger partial charge < -0.3 is 4.42 Å². The third-order valence-corrected chi connectivity index (χ3v) is 1.61. The molecule has 1 heterocycles. The Morgan fingerprint density at radius 1 is 1.27 bits per heavy atom. The fourth-order valence-electron chi connectivity index (χ4n) is 0.923. The molecule has 0 bridgehead atoms. The van der Waals surface area contributed by atoms with Crippen LogP contribution in [0.5, 0.6) is 0 Å².